The normalized spacial score (nSPS) is 19.5. The second kappa shape index (κ2) is 6.82. The summed E-state index contributed by atoms with van der Waals surface area (Å²) in [4.78, 5) is 18.4. The van der Waals surface area contributed by atoms with Crippen molar-refractivity contribution >= 4 is 23.3 Å². The molecule has 104 valence electrons. The molecule has 1 aromatic rings. The molecule has 0 aliphatic carbocycles. The minimum absolute atomic E-state index is 0.0612. The summed E-state index contributed by atoms with van der Waals surface area (Å²) < 4.78 is 0. The SMILES string of the molecule is Cc1nc(C=CC(=O)N2CCCC2CCCO)cs1. The first-order valence-corrected chi connectivity index (χ1v) is 7.60. The molecular formula is C14H20N2O2S. The Kier molecular flexibility index (Phi) is 5.10. The maximum Gasteiger partial charge on any atom is 0.246 e. The molecule has 0 spiro atoms. The Morgan fingerprint density at radius 1 is 1.68 bits per heavy atom. The number of hydrogen-bond acceptors (Lipinski definition) is 4. The molecule has 0 aromatic carbocycles. The van der Waals surface area contributed by atoms with Crippen molar-refractivity contribution in [1.29, 1.82) is 0 Å². The fraction of sp³-hybridized carbons (Fsp3) is 0.571. The van der Waals surface area contributed by atoms with Crippen LogP contribution in [0.2, 0.25) is 0 Å². The molecule has 0 bridgehead atoms. The van der Waals surface area contributed by atoms with Gasteiger partial charge in [0.25, 0.3) is 0 Å². The molecule has 4 nitrogen and oxygen atoms in total. The maximum absolute atomic E-state index is 12.2. The molecule has 1 aromatic heterocycles. The van der Waals surface area contributed by atoms with Crippen LogP contribution in [-0.2, 0) is 4.79 Å². The standard InChI is InChI=1S/C14H20N2O2S/c1-11-15-12(10-19-11)6-7-14(18)16-8-2-4-13(16)5-3-9-17/h6-7,10,13,17H,2-5,8-9H2,1H3. The third kappa shape index (κ3) is 3.88. The first kappa shape index (κ1) is 14.2. The van der Waals surface area contributed by atoms with Crippen LogP contribution in [0.15, 0.2) is 11.5 Å². The van der Waals surface area contributed by atoms with E-state index in [-0.39, 0.29) is 12.5 Å². The lowest BCUT2D eigenvalue weighted by molar-refractivity contribution is -0.126. The summed E-state index contributed by atoms with van der Waals surface area (Å²) in [7, 11) is 0. The van der Waals surface area contributed by atoms with E-state index in [4.69, 9.17) is 5.11 Å². The average Bonchev–Trinajstić information content (AvgIpc) is 3.02. The summed E-state index contributed by atoms with van der Waals surface area (Å²) in [6, 6.07) is 0.293. The fourth-order valence-electron chi connectivity index (χ4n) is 2.46. The maximum atomic E-state index is 12.2. The van der Waals surface area contributed by atoms with Gasteiger partial charge in [0.1, 0.15) is 0 Å². The van der Waals surface area contributed by atoms with E-state index in [2.05, 4.69) is 4.98 Å². The number of aromatic nitrogens is 1. The van der Waals surface area contributed by atoms with Gasteiger partial charge in [-0.1, -0.05) is 0 Å². The van der Waals surface area contributed by atoms with Crippen LogP contribution < -0.4 is 0 Å². The minimum Gasteiger partial charge on any atom is -0.396 e. The van der Waals surface area contributed by atoms with Gasteiger partial charge in [-0.05, 0) is 38.7 Å². The Labute approximate surface area is 117 Å². The zero-order valence-corrected chi connectivity index (χ0v) is 12.0. The Hall–Kier alpha value is -1.20. The van der Waals surface area contributed by atoms with Gasteiger partial charge >= 0.3 is 0 Å². The molecule has 2 heterocycles. The van der Waals surface area contributed by atoms with Crippen molar-refractivity contribution < 1.29 is 9.90 Å². The molecule has 5 heteroatoms. The van der Waals surface area contributed by atoms with E-state index >= 15 is 0 Å². The zero-order chi connectivity index (χ0) is 13.7. The highest BCUT2D eigenvalue weighted by Crippen LogP contribution is 2.21. The smallest absolute Gasteiger partial charge is 0.246 e. The number of carbonyl (C=O) groups is 1. The van der Waals surface area contributed by atoms with E-state index in [0.717, 1.165) is 42.9 Å². The van der Waals surface area contributed by atoms with Gasteiger partial charge in [0.2, 0.25) is 5.91 Å². The average molecular weight is 280 g/mol. The number of likely N-dealkylation sites (tertiary alicyclic amines) is 1. The summed E-state index contributed by atoms with van der Waals surface area (Å²) in [6.45, 7) is 2.98. The van der Waals surface area contributed by atoms with Crippen LogP contribution in [0.1, 0.15) is 36.4 Å². The molecule has 1 atom stereocenters. The van der Waals surface area contributed by atoms with Crippen molar-refractivity contribution in [3.8, 4) is 0 Å². The summed E-state index contributed by atoms with van der Waals surface area (Å²) in [5, 5.41) is 11.8. The van der Waals surface area contributed by atoms with Crippen molar-refractivity contribution in [1.82, 2.24) is 9.88 Å². The fourth-order valence-corrected chi connectivity index (χ4v) is 3.04. The van der Waals surface area contributed by atoms with Crippen LogP contribution >= 0.6 is 11.3 Å². The number of aliphatic hydroxyl groups excluding tert-OH is 1. The Morgan fingerprint density at radius 3 is 3.21 bits per heavy atom. The molecule has 2 rings (SSSR count). The Balaban J connectivity index is 1.93. The van der Waals surface area contributed by atoms with Gasteiger partial charge < -0.3 is 10.0 Å². The molecule has 1 aliphatic heterocycles. The van der Waals surface area contributed by atoms with Crippen LogP contribution in [0, 0.1) is 6.92 Å². The molecule has 0 radical (unpaired) electrons. The van der Waals surface area contributed by atoms with Crippen LogP contribution in [-0.4, -0.2) is 40.1 Å². The van der Waals surface area contributed by atoms with Gasteiger partial charge in [0.15, 0.2) is 0 Å². The topological polar surface area (TPSA) is 53.4 Å². The van der Waals surface area contributed by atoms with E-state index in [1.165, 1.54) is 0 Å². The summed E-state index contributed by atoms with van der Waals surface area (Å²) in [5.41, 5.74) is 0.849. The number of thiazole rings is 1. The van der Waals surface area contributed by atoms with Gasteiger partial charge in [-0.25, -0.2) is 4.98 Å². The van der Waals surface area contributed by atoms with Gasteiger partial charge in [-0.2, -0.15) is 0 Å². The van der Waals surface area contributed by atoms with E-state index in [1.54, 1.807) is 23.5 Å². The van der Waals surface area contributed by atoms with Crippen molar-refractivity contribution in [2.45, 2.75) is 38.6 Å². The number of carbonyl (C=O) groups excluding carboxylic acids is 1. The number of aryl methyl sites for hydroxylation is 1. The van der Waals surface area contributed by atoms with Crippen LogP contribution in [0.4, 0.5) is 0 Å². The molecule has 1 N–H and O–H groups in total. The highest BCUT2D eigenvalue weighted by Gasteiger charge is 2.26. The lowest BCUT2D eigenvalue weighted by atomic mass is 10.1. The predicted octanol–water partition coefficient (Wildman–Crippen LogP) is 2.23. The molecule has 1 fully saturated rings. The van der Waals surface area contributed by atoms with Crippen molar-refractivity contribution in [3.05, 3.63) is 22.2 Å². The number of nitrogens with zero attached hydrogens (tertiary/aromatic N) is 2. The van der Waals surface area contributed by atoms with Crippen molar-refractivity contribution in [2.75, 3.05) is 13.2 Å². The molecule has 1 unspecified atom stereocenters. The summed E-state index contributed by atoms with van der Waals surface area (Å²) >= 11 is 1.58. The zero-order valence-electron chi connectivity index (χ0n) is 11.2. The first-order chi connectivity index (χ1) is 9.20. The second-order valence-electron chi connectivity index (χ2n) is 4.82. The van der Waals surface area contributed by atoms with E-state index in [0.29, 0.717) is 6.04 Å². The lowest BCUT2D eigenvalue weighted by Gasteiger charge is -2.23. The van der Waals surface area contributed by atoms with E-state index in [9.17, 15) is 4.79 Å². The van der Waals surface area contributed by atoms with E-state index < -0.39 is 0 Å². The van der Waals surface area contributed by atoms with Gasteiger partial charge in [-0.15, -0.1) is 11.3 Å². The van der Waals surface area contributed by atoms with Crippen molar-refractivity contribution in [3.63, 3.8) is 0 Å². The molecule has 1 aliphatic rings. The van der Waals surface area contributed by atoms with E-state index in [1.807, 2.05) is 17.2 Å². The second-order valence-corrected chi connectivity index (χ2v) is 5.88. The number of rotatable bonds is 5. The molecule has 1 saturated heterocycles. The monoisotopic (exact) mass is 280 g/mol. The molecule has 0 saturated carbocycles. The van der Waals surface area contributed by atoms with Gasteiger partial charge in [-0.3, -0.25) is 4.79 Å². The van der Waals surface area contributed by atoms with Crippen LogP contribution in [0.3, 0.4) is 0 Å². The van der Waals surface area contributed by atoms with Crippen molar-refractivity contribution in [2.24, 2.45) is 0 Å². The number of hydrogen-bond donors (Lipinski definition) is 1. The number of amides is 1. The number of aliphatic hydroxyl groups is 1. The van der Waals surface area contributed by atoms with Crippen LogP contribution in [0.5, 0.6) is 0 Å². The third-order valence-electron chi connectivity index (χ3n) is 3.39. The highest BCUT2D eigenvalue weighted by atomic mass is 32.1. The Morgan fingerprint density at radius 2 is 2.53 bits per heavy atom. The largest absolute Gasteiger partial charge is 0.396 e. The van der Waals surface area contributed by atoms with Crippen LogP contribution in [0.25, 0.3) is 6.08 Å². The summed E-state index contributed by atoms with van der Waals surface area (Å²) in [6.07, 6.45) is 7.18. The predicted molar refractivity (Wildman–Crippen MR) is 76.9 cm³/mol. The third-order valence-corrected chi connectivity index (χ3v) is 4.18. The first-order valence-electron chi connectivity index (χ1n) is 6.72. The summed E-state index contributed by atoms with van der Waals surface area (Å²) in [5.74, 6) is 0.0612. The molecule has 19 heavy (non-hydrogen) atoms. The van der Waals surface area contributed by atoms with Gasteiger partial charge in [0.05, 0.1) is 10.7 Å². The van der Waals surface area contributed by atoms with Gasteiger partial charge in [0, 0.05) is 30.6 Å². The highest BCUT2D eigenvalue weighted by molar-refractivity contribution is 7.09. The lowest BCUT2D eigenvalue weighted by Crippen LogP contribution is -2.34. The quantitative estimate of drug-likeness (QED) is 0.842. The molecular weight excluding hydrogens is 260 g/mol. The molecule has 1 amide bonds. The minimum atomic E-state index is 0.0612. The Bertz CT molecular complexity index is 456.